The molecule has 3 rings (SSSR count). The van der Waals surface area contributed by atoms with Gasteiger partial charge in [0.15, 0.2) is 0 Å². The van der Waals surface area contributed by atoms with Gasteiger partial charge in [-0.15, -0.1) is 0 Å². The molecule has 0 bridgehead atoms. The van der Waals surface area contributed by atoms with Crippen LogP contribution < -0.4 is 4.90 Å². The van der Waals surface area contributed by atoms with Crippen molar-refractivity contribution in [2.45, 2.75) is 18.6 Å². The number of β-amino-alcohol motifs (C(OH)–C–C–N with tert-alkyl or cyclic N) is 1. The van der Waals surface area contributed by atoms with E-state index >= 15 is 0 Å². The van der Waals surface area contributed by atoms with Gasteiger partial charge < -0.3 is 14.9 Å². The van der Waals surface area contributed by atoms with Crippen LogP contribution in [0, 0.1) is 11.6 Å². The van der Waals surface area contributed by atoms with E-state index in [1.807, 2.05) is 19.0 Å². The molecule has 1 N–H and O–H groups in total. The van der Waals surface area contributed by atoms with E-state index in [1.165, 1.54) is 11.1 Å². The molecule has 1 fully saturated rings. The summed E-state index contributed by atoms with van der Waals surface area (Å²) in [4.78, 5) is 20.1. The average molecular weight is 347 g/mol. The van der Waals surface area contributed by atoms with Gasteiger partial charge in [0, 0.05) is 38.1 Å². The third-order valence-corrected chi connectivity index (χ3v) is 4.34. The van der Waals surface area contributed by atoms with Gasteiger partial charge in [0.1, 0.15) is 17.3 Å². The number of aromatic nitrogens is 1. The Hall–Kier alpha value is -2.54. The number of hydrogen-bond donors (Lipinski definition) is 1. The van der Waals surface area contributed by atoms with E-state index in [4.69, 9.17) is 0 Å². The first-order chi connectivity index (χ1) is 11.9. The zero-order chi connectivity index (χ0) is 18.1. The number of aliphatic hydroxyl groups is 1. The Kier molecular flexibility index (Phi) is 4.67. The first-order valence-corrected chi connectivity index (χ1v) is 7.94. The van der Waals surface area contributed by atoms with E-state index in [1.54, 1.807) is 12.1 Å². The fourth-order valence-corrected chi connectivity index (χ4v) is 3.06. The van der Waals surface area contributed by atoms with Crippen LogP contribution in [0.3, 0.4) is 0 Å². The molecule has 1 aromatic carbocycles. The summed E-state index contributed by atoms with van der Waals surface area (Å²) in [6, 6.07) is 5.79. The lowest BCUT2D eigenvalue weighted by atomic mass is 10.0. The van der Waals surface area contributed by atoms with E-state index in [0.717, 1.165) is 23.9 Å². The summed E-state index contributed by atoms with van der Waals surface area (Å²) in [5.41, 5.74) is 1.06. The molecular weight excluding hydrogens is 328 g/mol. The minimum Gasteiger partial charge on any atom is -0.391 e. The Labute approximate surface area is 144 Å². The molecule has 1 amide bonds. The summed E-state index contributed by atoms with van der Waals surface area (Å²) in [7, 11) is 3.68. The zero-order valence-electron chi connectivity index (χ0n) is 14.0. The SMILES string of the molecule is CN(C)c1ccnc(C(=O)N2C[C@@H](O)C[C@H]2c2cc(F)ccc2F)c1. The Balaban J connectivity index is 1.95. The van der Waals surface area contributed by atoms with Crippen LogP contribution >= 0.6 is 0 Å². The summed E-state index contributed by atoms with van der Waals surface area (Å²) in [6.45, 7) is 0.0489. The molecule has 7 heteroatoms. The molecule has 2 atom stereocenters. The first kappa shape index (κ1) is 17.3. The smallest absolute Gasteiger partial charge is 0.273 e. The number of halogens is 2. The van der Waals surface area contributed by atoms with Crippen LogP contribution in [0.15, 0.2) is 36.5 Å². The number of likely N-dealkylation sites (tertiary alicyclic amines) is 1. The summed E-state index contributed by atoms with van der Waals surface area (Å²) >= 11 is 0. The van der Waals surface area contributed by atoms with Gasteiger partial charge in [0.2, 0.25) is 0 Å². The average Bonchev–Trinajstić information content (AvgIpc) is 2.98. The van der Waals surface area contributed by atoms with Crippen molar-refractivity contribution in [3.8, 4) is 0 Å². The van der Waals surface area contributed by atoms with E-state index in [-0.39, 0.29) is 24.2 Å². The largest absolute Gasteiger partial charge is 0.391 e. The van der Waals surface area contributed by atoms with Crippen LogP contribution in [0.5, 0.6) is 0 Å². The number of rotatable bonds is 3. The molecule has 0 unspecified atom stereocenters. The molecule has 2 aromatic rings. The highest BCUT2D eigenvalue weighted by molar-refractivity contribution is 5.93. The molecule has 1 aromatic heterocycles. The monoisotopic (exact) mass is 347 g/mol. The van der Waals surface area contributed by atoms with Crippen LogP contribution in [0.1, 0.15) is 28.5 Å². The maximum atomic E-state index is 14.1. The molecule has 25 heavy (non-hydrogen) atoms. The Bertz CT molecular complexity index is 798. The van der Waals surface area contributed by atoms with Crippen molar-refractivity contribution in [1.82, 2.24) is 9.88 Å². The lowest BCUT2D eigenvalue weighted by Crippen LogP contribution is -2.33. The van der Waals surface area contributed by atoms with Gasteiger partial charge in [0.25, 0.3) is 5.91 Å². The summed E-state index contributed by atoms with van der Waals surface area (Å²) < 4.78 is 27.7. The third-order valence-electron chi connectivity index (χ3n) is 4.34. The molecule has 5 nitrogen and oxygen atoms in total. The second kappa shape index (κ2) is 6.76. The van der Waals surface area contributed by atoms with Crippen LogP contribution in [0.25, 0.3) is 0 Å². The van der Waals surface area contributed by atoms with Gasteiger partial charge in [-0.2, -0.15) is 0 Å². The molecule has 1 aliphatic rings. The predicted octanol–water partition coefficient (Wildman–Crippen LogP) is 2.37. The van der Waals surface area contributed by atoms with Crippen LogP contribution in [-0.2, 0) is 0 Å². The van der Waals surface area contributed by atoms with Gasteiger partial charge in [0.05, 0.1) is 12.1 Å². The number of pyridine rings is 1. The highest BCUT2D eigenvalue weighted by atomic mass is 19.1. The molecule has 1 saturated heterocycles. The van der Waals surface area contributed by atoms with Gasteiger partial charge in [-0.1, -0.05) is 0 Å². The third kappa shape index (κ3) is 3.46. The minimum absolute atomic E-state index is 0.0489. The van der Waals surface area contributed by atoms with Crippen molar-refractivity contribution in [3.05, 3.63) is 59.4 Å². The topological polar surface area (TPSA) is 56.7 Å². The molecule has 2 heterocycles. The van der Waals surface area contributed by atoms with Crippen molar-refractivity contribution in [3.63, 3.8) is 0 Å². The van der Waals surface area contributed by atoms with E-state index in [9.17, 15) is 18.7 Å². The molecule has 1 aliphatic heterocycles. The molecule has 0 aliphatic carbocycles. The van der Waals surface area contributed by atoms with Crippen molar-refractivity contribution in [1.29, 1.82) is 0 Å². The van der Waals surface area contributed by atoms with Crippen LogP contribution in [-0.4, -0.2) is 47.6 Å². The number of aliphatic hydroxyl groups excluding tert-OH is 1. The first-order valence-electron chi connectivity index (χ1n) is 7.94. The quantitative estimate of drug-likeness (QED) is 0.926. The van der Waals surface area contributed by atoms with Crippen molar-refractivity contribution in [2.75, 3.05) is 25.5 Å². The Morgan fingerprint density at radius 3 is 2.76 bits per heavy atom. The minimum atomic E-state index is -0.798. The van der Waals surface area contributed by atoms with E-state index < -0.39 is 29.7 Å². The van der Waals surface area contributed by atoms with E-state index in [2.05, 4.69) is 4.98 Å². The van der Waals surface area contributed by atoms with Crippen LogP contribution in [0.2, 0.25) is 0 Å². The highest BCUT2D eigenvalue weighted by Crippen LogP contribution is 2.35. The maximum Gasteiger partial charge on any atom is 0.273 e. The summed E-state index contributed by atoms with van der Waals surface area (Å²) in [5.74, 6) is -1.61. The molecule has 132 valence electrons. The van der Waals surface area contributed by atoms with Gasteiger partial charge in [-0.3, -0.25) is 9.78 Å². The molecular formula is C18H19F2N3O2. The number of anilines is 1. The molecule has 0 spiro atoms. The van der Waals surface area contributed by atoms with Gasteiger partial charge in [-0.05, 0) is 36.8 Å². The van der Waals surface area contributed by atoms with Crippen molar-refractivity contribution in [2.24, 2.45) is 0 Å². The van der Waals surface area contributed by atoms with Crippen molar-refractivity contribution >= 4 is 11.6 Å². The predicted molar refractivity (Wildman–Crippen MR) is 89.3 cm³/mol. The highest BCUT2D eigenvalue weighted by Gasteiger charge is 2.37. The second-order valence-electron chi connectivity index (χ2n) is 6.32. The molecule has 0 saturated carbocycles. The zero-order valence-corrected chi connectivity index (χ0v) is 14.0. The number of hydrogen-bond acceptors (Lipinski definition) is 4. The summed E-state index contributed by atoms with van der Waals surface area (Å²) in [5, 5.41) is 9.99. The van der Waals surface area contributed by atoms with Crippen LogP contribution in [0.4, 0.5) is 14.5 Å². The number of amides is 1. The summed E-state index contributed by atoms with van der Waals surface area (Å²) in [6.07, 6.45) is 0.875. The Morgan fingerprint density at radius 1 is 1.28 bits per heavy atom. The second-order valence-corrected chi connectivity index (χ2v) is 6.32. The standard InChI is InChI=1S/C18H19F2N3O2/c1-22(2)12-5-6-21-16(8-12)18(25)23-10-13(24)9-17(23)14-7-11(19)3-4-15(14)20/h3-8,13,17,24H,9-10H2,1-2H3/t13-,17-/m0/s1. The molecule has 0 radical (unpaired) electrons. The number of benzene rings is 1. The van der Waals surface area contributed by atoms with E-state index in [0.29, 0.717) is 0 Å². The normalized spacial score (nSPS) is 20.0. The number of carbonyl (C=O) groups excluding carboxylic acids is 1. The van der Waals surface area contributed by atoms with Gasteiger partial charge >= 0.3 is 0 Å². The fourth-order valence-electron chi connectivity index (χ4n) is 3.06. The fraction of sp³-hybridized carbons (Fsp3) is 0.333. The number of carbonyl (C=O) groups is 1. The number of nitrogens with zero attached hydrogens (tertiary/aromatic N) is 3. The van der Waals surface area contributed by atoms with Gasteiger partial charge in [-0.25, -0.2) is 8.78 Å². The lowest BCUT2D eigenvalue weighted by Gasteiger charge is -2.25. The maximum absolute atomic E-state index is 14.1. The van der Waals surface area contributed by atoms with Crippen molar-refractivity contribution < 1.29 is 18.7 Å². The lowest BCUT2D eigenvalue weighted by molar-refractivity contribution is 0.0708. The Morgan fingerprint density at radius 2 is 2.04 bits per heavy atom.